The highest BCUT2D eigenvalue weighted by atomic mass is 35.5. The van der Waals surface area contributed by atoms with Crippen molar-refractivity contribution < 1.29 is 4.79 Å². The molecule has 1 amide bonds. The van der Waals surface area contributed by atoms with E-state index >= 15 is 0 Å². The van der Waals surface area contributed by atoms with Crippen LogP contribution in [0.1, 0.15) is 65.7 Å². The minimum absolute atomic E-state index is 0.0659. The van der Waals surface area contributed by atoms with Crippen LogP contribution in [0.5, 0.6) is 0 Å². The molecule has 0 spiro atoms. The van der Waals surface area contributed by atoms with Crippen molar-refractivity contribution in [2.45, 2.75) is 65.7 Å². The Kier molecular flexibility index (Phi) is 3.83. The summed E-state index contributed by atoms with van der Waals surface area (Å²) in [6.45, 7) is 7.80. The van der Waals surface area contributed by atoms with Gasteiger partial charge in [-0.25, -0.2) is 0 Å². The fourth-order valence-corrected chi connectivity index (χ4v) is 6.82. The highest BCUT2D eigenvalue weighted by Crippen LogP contribution is 2.69. The van der Waals surface area contributed by atoms with Crippen LogP contribution >= 0.6 is 11.6 Å². The number of carbonyl (C=O) groups is 1. The average molecular weight is 312 g/mol. The predicted molar refractivity (Wildman–Crippen MR) is 87.3 cm³/mol. The van der Waals surface area contributed by atoms with E-state index in [-0.39, 0.29) is 5.41 Å². The first-order valence-corrected chi connectivity index (χ1v) is 9.16. The SMILES string of the molecule is CC(CCCl)CNC(=O)C12CC3CC(C)(CC(C)(C3)C1)C2. The van der Waals surface area contributed by atoms with Crippen molar-refractivity contribution in [3.8, 4) is 0 Å². The highest BCUT2D eigenvalue weighted by Gasteiger charge is 2.62. The summed E-state index contributed by atoms with van der Waals surface area (Å²) < 4.78 is 0. The Hall–Kier alpha value is -0.240. The Morgan fingerprint density at radius 3 is 2.33 bits per heavy atom. The van der Waals surface area contributed by atoms with Crippen molar-refractivity contribution in [3.63, 3.8) is 0 Å². The van der Waals surface area contributed by atoms with Crippen molar-refractivity contribution in [1.29, 1.82) is 0 Å². The summed E-state index contributed by atoms with van der Waals surface area (Å²) in [5, 5.41) is 3.26. The van der Waals surface area contributed by atoms with Gasteiger partial charge in [-0.15, -0.1) is 11.6 Å². The third-order valence-corrected chi connectivity index (χ3v) is 6.54. The standard InChI is InChI=1S/C18H30ClNO/c1-13(4-5-19)9-20-15(21)18-8-14-6-16(2,11-18)10-17(3,7-14)12-18/h13-14H,4-12H2,1-3H3,(H,20,21). The van der Waals surface area contributed by atoms with Crippen LogP contribution in [0.2, 0.25) is 0 Å². The van der Waals surface area contributed by atoms with Gasteiger partial charge in [0.1, 0.15) is 0 Å². The number of halogens is 1. The van der Waals surface area contributed by atoms with Crippen LogP contribution in [0.3, 0.4) is 0 Å². The van der Waals surface area contributed by atoms with Crippen molar-refractivity contribution in [2.24, 2.45) is 28.1 Å². The molecule has 0 aliphatic heterocycles. The van der Waals surface area contributed by atoms with E-state index in [4.69, 9.17) is 11.6 Å². The Morgan fingerprint density at radius 1 is 1.19 bits per heavy atom. The van der Waals surface area contributed by atoms with Gasteiger partial charge in [0.05, 0.1) is 5.41 Å². The largest absolute Gasteiger partial charge is 0.355 e. The summed E-state index contributed by atoms with van der Waals surface area (Å²) in [6, 6.07) is 0. The normalized spacial score (nSPS) is 45.6. The van der Waals surface area contributed by atoms with Gasteiger partial charge in [0, 0.05) is 12.4 Å². The Bertz CT molecular complexity index is 417. The number of nitrogens with one attached hydrogen (secondary N) is 1. The zero-order valence-corrected chi connectivity index (χ0v) is 14.6. The van der Waals surface area contributed by atoms with Gasteiger partial charge in [-0.05, 0) is 67.6 Å². The first-order chi connectivity index (χ1) is 9.78. The molecule has 3 atom stereocenters. The van der Waals surface area contributed by atoms with Gasteiger partial charge < -0.3 is 5.32 Å². The monoisotopic (exact) mass is 311 g/mol. The molecule has 4 rings (SSSR count). The number of rotatable bonds is 5. The first kappa shape index (κ1) is 15.6. The van der Waals surface area contributed by atoms with Crippen molar-refractivity contribution in [1.82, 2.24) is 5.32 Å². The van der Waals surface area contributed by atoms with E-state index in [1.54, 1.807) is 0 Å². The summed E-state index contributed by atoms with van der Waals surface area (Å²) in [4.78, 5) is 12.9. The topological polar surface area (TPSA) is 29.1 Å². The van der Waals surface area contributed by atoms with E-state index in [9.17, 15) is 4.79 Å². The maximum Gasteiger partial charge on any atom is 0.226 e. The quantitative estimate of drug-likeness (QED) is 0.751. The van der Waals surface area contributed by atoms with Gasteiger partial charge in [0.25, 0.3) is 0 Å². The fraction of sp³-hybridized carbons (Fsp3) is 0.944. The number of hydrogen-bond donors (Lipinski definition) is 1. The van der Waals surface area contributed by atoms with Crippen molar-refractivity contribution in [2.75, 3.05) is 12.4 Å². The Balaban J connectivity index is 1.71. The summed E-state index contributed by atoms with van der Waals surface area (Å²) >= 11 is 5.79. The molecule has 0 radical (unpaired) electrons. The van der Waals surface area contributed by atoms with Gasteiger partial charge >= 0.3 is 0 Å². The molecule has 0 aromatic rings. The van der Waals surface area contributed by atoms with E-state index in [1.165, 1.54) is 19.3 Å². The molecule has 0 aromatic heterocycles. The molecule has 0 heterocycles. The third kappa shape index (κ3) is 2.85. The van der Waals surface area contributed by atoms with Crippen LogP contribution in [0.4, 0.5) is 0 Å². The van der Waals surface area contributed by atoms with Crippen LogP contribution in [0.25, 0.3) is 0 Å². The van der Waals surface area contributed by atoms with Gasteiger partial charge in [-0.3, -0.25) is 4.79 Å². The Labute approximate surface area is 134 Å². The summed E-state index contributed by atoms with van der Waals surface area (Å²) in [7, 11) is 0. The number of hydrogen-bond acceptors (Lipinski definition) is 1. The smallest absolute Gasteiger partial charge is 0.226 e. The predicted octanol–water partition coefficient (Wildman–Crippen LogP) is 4.36. The molecule has 3 heteroatoms. The second kappa shape index (κ2) is 5.15. The molecule has 4 aliphatic carbocycles. The summed E-state index contributed by atoms with van der Waals surface area (Å²) in [5.74, 6) is 2.28. The van der Waals surface area contributed by atoms with Crippen LogP contribution in [0, 0.1) is 28.1 Å². The first-order valence-electron chi connectivity index (χ1n) is 8.63. The lowest BCUT2D eigenvalue weighted by Gasteiger charge is -2.64. The van der Waals surface area contributed by atoms with Crippen LogP contribution in [0.15, 0.2) is 0 Å². The maximum absolute atomic E-state index is 12.9. The minimum atomic E-state index is -0.0659. The third-order valence-electron chi connectivity index (χ3n) is 6.32. The molecule has 4 fully saturated rings. The van der Waals surface area contributed by atoms with Gasteiger partial charge in [0.15, 0.2) is 0 Å². The zero-order chi connectivity index (χ0) is 15.3. The van der Waals surface area contributed by atoms with E-state index in [2.05, 4.69) is 26.1 Å². The van der Waals surface area contributed by atoms with E-state index in [1.807, 2.05) is 0 Å². The van der Waals surface area contributed by atoms with E-state index in [0.29, 0.717) is 28.5 Å². The molecule has 4 saturated carbocycles. The molecule has 0 saturated heterocycles. The fourth-order valence-electron chi connectivity index (χ4n) is 6.44. The molecule has 0 aromatic carbocycles. The lowest BCUT2D eigenvalue weighted by molar-refractivity contribution is -0.170. The molecule has 4 bridgehead atoms. The van der Waals surface area contributed by atoms with E-state index < -0.39 is 0 Å². The maximum atomic E-state index is 12.9. The lowest BCUT2D eigenvalue weighted by atomic mass is 9.40. The van der Waals surface area contributed by atoms with E-state index in [0.717, 1.165) is 38.1 Å². The lowest BCUT2D eigenvalue weighted by Crippen LogP contribution is -2.60. The van der Waals surface area contributed by atoms with Crippen LogP contribution < -0.4 is 5.32 Å². The Morgan fingerprint density at radius 2 is 1.81 bits per heavy atom. The molecule has 2 nitrogen and oxygen atoms in total. The number of amides is 1. The molecular formula is C18H30ClNO. The molecular weight excluding hydrogens is 282 g/mol. The average Bonchev–Trinajstić information content (AvgIpc) is 2.31. The zero-order valence-electron chi connectivity index (χ0n) is 13.8. The van der Waals surface area contributed by atoms with Gasteiger partial charge in [0.2, 0.25) is 5.91 Å². The van der Waals surface area contributed by atoms with Crippen LogP contribution in [-0.4, -0.2) is 18.3 Å². The summed E-state index contributed by atoms with van der Waals surface area (Å²) in [6.07, 6.45) is 8.36. The number of carbonyl (C=O) groups excluding carboxylic acids is 1. The minimum Gasteiger partial charge on any atom is -0.355 e. The second-order valence-electron chi connectivity index (χ2n) is 9.20. The molecule has 1 N–H and O–H groups in total. The molecule has 21 heavy (non-hydrogen) atoms. The van der Waals surface area contributed by atoms with Crippen molar-refractivity contribution in [3.05, 3.63) is 0 Å². The molecule has 120 valence electrons. The molecule has 3 unspecified atom stereocenters. The van der Waals surface area contributed by atoms with Crippen LogP contribution in [-0.2, 0) is 4.79 Å². The van der Waals surface area contributed by atoms with Crippen molar-refractivity contribution >= 4 is 17.5 Å². The molecule has 4 aliphatic rings. The van der Waals surface area contributed by atoms with Gasteiger partial charge in [-0.1, -0.05) is 20.8 Å². The number of alkyl halides is 1. The highest BCUT2D eigenvalue weighted by molar-refractivity contribution is 6.17. The summed E-state index contributed by atoms with van der Waals surface area (Å²) in [5.41, 5.74) is 0.754. The van der Waals surface area contributed by atoms with Gasteiger partial charge in [-0.2, -0.15) is 0 Å². The second-order valence-corrected chi connectivity index (χ2v) is 9.58.